The molecule has 2 heterocycles. The normalized spacial score (nSPS) is 21.4. The lowest BCUT2D eigenvalue weighted by Gasteiger charge is -2.45. The third-order valence-corrected chi connectivity index (χ3v) is 8.56. The Morgan fingerprint density at radius 3 is 2.10 bits per heavy atom. The van der Waals surface area contributed by atoms with Gasteiger partial charge in [0.2, 0.25) is 0 Å². The minimum Gasteiger partial charge on any atom is -0.340 e. The second-order valence-electron chi connectivity index (χ2n) is 10.5. The minimum absolute atomic E-state index is 0.0190. The fourth-order valence-electron chi connectivity index (χ4n) is 5.62. The Bertz CT molecular complexity index is 1170. The van der Waals surface area contributed by atoms with Crippen molar-refractivity contribution < 1.29 is 31.1 Å². The van der Waals surface area contributed by atoms with Gasteiger partial charge in [-0.2, -0.15) is 26.3 Å². The van der Waals surface area contributed by atoms with Crippen LogP contribution in [0, 0.1) is 0 Å². The van der Waals surface area contributed by atoms with Crippen molar-refractivity contribution in [1.82, 2.24) is 14.7 Å². The van der Waals surface area contributed by atoms with E-state index in [2.05, 4.69) is 9.80 Å². The molecule has 2 atom stereocenters. The summed E-state index contributed by atoms with van der Waals surface area (Å²) >= 11 is 12.5. The number of amides is 1. The molecule has 4 rings (SSSR count). The van der Waals surface area contributed by atoms with Gasteiger partial charge in [0.15, 0.2) is 0 Å². The summed E-state index contributed by atoms with van der Waals surface area (Å²) in [6, 6.07) is 6.78. The van der Waals surface area contributed by atoms with E-state index < -0.39 is 35.0 Å². The number of benzene rings is 2. The van der Waals surface area contributed by atoms with E-state index in [0.29, 0.717) is 34.8 Å². The third kappa shape index (κ3) is 7.43. The van der Waals surface area contributed by atoms with E-state index >= 15 is 0 Å². The highest BCUT2D eigenvalue weighted by molar-refractivity contribution is 6.42. The average molecular weight is 610 g/mol. The summed E-state index contributed by atoms with van der Waals surface area (Å²) in [6.45, 7) is 3.31. The van der Waals surface area contributed by atoms with Gasteiger partial charge >= 0.3 is 12.4 Å². The van der Waals surface area contributed by atoms with Crippen molar-refractivity contribution in [1.29, 1.82) is 0 Å². The molecule has 2 saturated heterocycles. The molecule has 1 amide bonds. The highest BCUT2D eigenvalue weighted by atomic mass is 35.5. The van der Waals surface area contributed by atoms with Crippen LogP contribution in [0.5, 0.6) is 0 Å². The Kier molecular flexibility index (Phi) is 9.64. The van der Waals surface area contributed by atoms with Crippen LogP contribution in [0.1, 0.15) is 65.2 Å². The van der Waals surface area contributed by atoms with Crippen LogP contribution in [0.4, 0.5) is 26.3 Å². The number of likely N-dealkylation sites (tertiary alicyclic amines) is 2. The molecule has 0 N–H and O–H groups in total. The van der Waals surface area contributed by atoms with E-state index in [1.807, 2.05) is 12.1 Å². The molecule has 2 aliphatic heterocycles. The van der Waals surface area contributed by atoms with Crippen molar-refractivity contribution in [3.63, 3.8) is 0 Å². The second kappa shape index (κ2) is 12.5. The summed E-state index contributed by atoms with van der Waals surface area (Å²) in [4.78, 5) is 18.9. The van der Waals surface area contributed by atoms with Crippen LogP contribution in [-0.2, 0) is 12.4 Å². The summed E-state index contributed by atoms with van der Waals surface area (Å²) in [7, 11) is 1.38. The van der Waals surface area contributed by atoms with Crippen molar-refractivity contribution in [3.8, 4) is 0 Å². The van der Waals surface area contributed by atoms with Gasteiger partial charge in [-0.3, -0.25) is 9.69 Å². The molecule has 0 radical (unpaired) electrons. The van der Waals surface area contributed by atoms with Crippen LogP contribution in [-0.4, -0.2) is 66.4 Å². The van der Waals surface area contributed by atoms with Crippen molar-refractivity contribution >= 4 is 29.1 Å². The van der Waals surface area contributed by atoms with Gasteiger partial charge in [-0.1, -0.05) is 35.7 Å². The lowest BCUT2D eigenvalue weighted by atomic mass is 9.89. The third-order valence-electron chi connectivity index (χ3n) is 7.83. The molecular formula is C28H31Cl2F6N3O. The molecule has 2 aromatic carbocycles. The zero-order chi connectivity index (χ0) is 29.2. The molecule has 40 heavy (non-hydrogen) atoms. The molecule has 0 aliphatic carbocycles. The van der Waals surface area contributed by atoms with Crippen LogP contribution < -0.4 is 0 Å². The SMILES string of the molecule is CN(CCN1CCC(N2CCCCC2)CC1c1ccc(Cl)c(Cl)c1)C(=O)c1cc(C(F)(F)F)cc(C(F)(F)F)c1. The van der Waals surface area contributed by atoms with Gasteiger partial charge in [0, 0.05) is 44.3 Å². The maximum Gasteiger partial charge on any atom is 0.416 e. The van der Waals surface area contributed by atoms with Gasteiger partial charge in [0.05, 0.1) is 21.2 Å². The van der Waals surface area contributed by atoms with Gasteiger partial charge < -0.3 is 9.80 Å². The number of halogens is 8. The standard InChI is InChI=1S/C28H31Cl2F6N3O/c1-37(26(40)19-13-20(27(31,32)33)16-21(14-19)28(34,35)36)11-12-39-10-7-22(38-8-3-2-4-9-38)17-25(39)18-5-6-23(29)24(30)15-18/h5-6,13-16,22,25H,2-4,7-12,17H2,1H3. The molecule has 2 aliphatic rings. The molecule has 2 aromatic rings. The minimum atomic E-state index is -5.03. The lowest BCUT2D eigenvalue weighted by Crippen LogP contribution is -2.49. The molecule has 2 fully saturated rings. The number of hydrogen-bond acceptors (Lipinski definition) is 3. The van der Waals surface area contributed by atoms with Crippen LogP contribution in [0.25, 0.3) is 0 Å². The molecule has 0 bridgehead atoms. The molecule has 220 valence electrons. The smallest absolute Gasteiger partial charge is 0.340 e. The number of carbonyl (C=O) groups is 1. The summed E-state index contributed by atoms with van der Waals surface area (Å²) in [6.07, 6.45) is -4.76. The number of alkyl halides is 6. The van der Waals surface area contributed by atoms with Gasteiger partial charge in [-0.05, 0) is 74.7 Å². The van der Waals surface area contributed by atoms with Crippen molar-refractivity contribution in [2.45, 2.75) is 56.5 Å². The zero-order valence-corrected chi connectivity index (χ0v) is 23.5. The van der Waals surface area contributed by atoms with E-state index in [9.17, 15) is 31.1 Å². The monoisotopic (exact) mass is 609 g/mol. The Morgan fingerprint density at radius 1 is 0.900 bits per heavy atom. The van der Waals surface area contributed by atoms with Gasteiger partial charge in [-0.25, -0.2) is 0 Å². The molecular weight excluding hydrogens is 579 g/mol. The second-order valence-corrected chi connectivity index (χ2v) is 11.3. The zero-order valence-electron chi connectivity index (χ0n) is 22.0. The average Bonchev–Trinajstić information content (AvgIpc) is 2.92. The van der Waals surface area contributed by atoms with Crippen molar-refractivity contribution in [2.24, 2.45) is 0 Å². The van der Waals surface area contributed by atoms with E-state index in [0.717, 1.165) is 55.8 Å². The Balaban J connectivity index is 1.51. The van der Waals surface area contributed by atoms with E-state index in [1.54, 1.807) is 6.07 Å². The first-order valence-electron chi connectivity index (χ1n) is 13.2. The number of hydrogen-bond donors (Lipinski definition) is 0. The lowest BCUT2D eigenvalue weighted by molar-refractivity contribution is -0.143. The van der Waals surface area contributed by atoms with Crippen LogP contribution in [0.15, 0.2) is 36.4 Å². The number of rotatable bonds is 6. The van der Waals surface area contributed by atoms with Crippen LogP contribution >= 0.6 is 23.2 Å². The quantitative estimate of drug-likeness (QED) is 0.313. The topological polar surface area (TPSA) is 26.8 Å². The summed E-state index contributed by atoms with van der Waals surface area (Å²) in [5.41, 5.74) is -2.72. The summed E-state index contributed by atoms with van der Waals surface area (Å²) < 4.78 is 79.8. The number of piperidine rings is 2. The first kappa shape index (κ1) is 30.9. The fourth-order valence-corrected chi connectivity index (χ4v) is 5.93. The molecule has 12 heteroatoms. The van der Waals surface area contributed by atoms with Crippen molar-refractivity contribution in [2.75, 3.05) is 39.8 Å². The van der Waals surface area contributed by atoms with Crippen LogP contribution in [0.3, 0.4) is 0 Å². The number of carbonyl (C=O) groups excluding carboxylic acids is 1. The summed E-state index contributed by atoms with van der Waals surface area (Å²) in [5, 5.41) is 0.863. The van der Waals surface area contributed by atoms with Crippen molar-refractivity contribution in [3.05, 3.63) is 68.7 Å². The van der Waals surface area contributed by atoms with Gasteiger partial charge in [0.1, 0.15) is 0 Å². The highest BCUT2D eigenvalue weighted by Crippen LogP contribution is 2.38. The van der Waals surface area contributed by atoms with Gasteiger partial charge in [-0.15, -0.1) is 0 Å². The number of likely N-dealkylation sites (N-methyl/N-ethyl adjacent to an activating group) is 1. The molecule has 2 unspecified atom stereocenters. The van der Waals surface area contributed by atoms with Gasteiger partial charge in [0.25, 0.3) is 5.91 Å². The first-order valence-corrected chi connectivity index (χ1v) is 14.0. The Morgan fingerprint density at radius 2 is 1.52 bits per heavy atom. The largest absolute Gasteiger partial charge is 0.416 e. The Hall–Kier alpha value is -2.01. The Labute approximate surface area is 239 Å². The molecule has 4 nitrogen and oxygen atoms in total. The predicted molar refractivity (Wildman–Crippen MR) is 143 cm³/mol. The maximum absolute atomic E-state index is 13.3. The summed E-state index contributed by atoms with van der Waals surface area (Å²) in [5.74, 6) is -0.911. The van der Waals surface area contributed by atoms with Crippen LogP contribution in [0.2, 0.25) is 10.0 Å². The fraction of sp³-hybridized carbons (Fsp3) is 0.536. The van der Waals surface area contributed by atoms with E-state index in [-0.39, 0.29) is 18.7 Å². The molecule has 0 spiro atoms. The maximum atomic E-state index is 13.3. The highest BCUT2D eigenvalue weighted by Gasteiger charge is 2.38. The number of nitrogens with zero attached hydrogens (tertiary/aromatic N) is 3. The van der Waals surface area contributed by atoms with E-state index in [1.165, 1.54) is 13.5 Å². The predicted octanol–water partition coefficient (Wildman–Crippen LogP) is 7.79. The molecule has 0 saturated carbocycles. The first-order chi connectivity index (χ1) is 18.7. The van der Waals surface area contributed by atoms with E-state index in [4.69, 9.17) is 23.2 Å². The molecule has 0 aromatic heterocycles.